The highest BCUT2D eigenvalue weighted by molar-refractivity contribution is 5.96. The van der Waals surface area contributed by atoms with Crippen molar-refractivity contribution in [2.75, 3.05) is 6.61 Å². The van der Waals surface area contributed by atoms with Gasteiger partial charge in [-0.3, -0.25) is 0 Å². The smallest absolute Gasteiger partial charge is 0.365 e. The van der Waals surface area contributed by atoms with Gasteiger partial charge in [0, 0.05) is 11.8 Å². The summed E-state index contributed by atoms with van der Waals surface area (Å²) in [6.07, 6.45) is -3.17. The Kier molecular flexibility index (Phi) is 5.16. The number of esters is 1. The molecule has 0 fully saturated rings. The maximum Gasteiger partial charge on any atom is 0.365 e. The molecule has 0 atom stereocenters. The van der Waals surface area contributed by atoms with E-state index in [4.69, 9.17) is 4.74 Å². The largest absolute Gasteiger partial charge is 0.462 e. The van der Waals surface area contributed by atoms with Crippen molar-refractivity contribution in [3.05, 3.63) is 47.4 Å². The van der Waals surface area contributed by atoms with Gasteiger partial charge >= 0.3 is 18.3 Å². The van der Waals surface area contributed by atoms with Gasteiger partial charge in [0.25, 0.3) is 0 Å². The van der Waals surface area contributed by atoms with Crippen LogP contribution in [0.4, 0.5) is 17.6 Å². The van der Waals surface area contributed by atoms with Gasteiger partial charge in [-0.25, -0.2) is 23.5 Å². The number of hydrogen-bond donors (Lipinski definition) is 0. The van der Waals surface area contributed by atoms with Gasteiger partial charge < -0.3 is 4.74 Å². The maximum absolute atomic E-state index is 13.6. The molecule has 8 heteroatoms. The third kappa shape index (κ3) is 3.37. The van der Waals surface area contributed by atoms with Crippen LogP contribution in [0.3, 0.4) is 0 Å². The molecule has 0 saturated heterocycles. The van der Waals surface area contributed by atoms with E-state index in [2.05, 4.69) is 9.97 Å². The lowest BCUT2D eigenvalue weighted by atomic mass is 10.0. The zero-order valence-electron chi connectivity index (χ0n) is 12.9. The monoisotopic (exact) mass is 342 g/mol. The summed E-state index contributed by atoms with van der Waals surface area (Å²) in [6.45, 7) is 3.31. The Labute approximate surface area is 135 Å². The normalized spacial score (nSPS) is 11.6. The molecule has 0 aliphatic heterocycles. The van der Waals surface area contributed by atoms with Crippen LogP contribution < -0.4 is 0 Å². The van der Waals surface area contributed by atoms with E-state index in [9.17, 15) is 22.4 Å². The number of aromatic nitrogens is 2. The lowest BCUT2D eigenvalue weighted by molar-refractivity contribution is -0.140. The molecule has 1 aromatic carbocycles. The first-order valence-electron chi connectivity index (χ1n) is 7.05. The van der Waals surface area contributed by atoms with E-state index >= 15 is 0 Å². The Morgan fingerprint density at radius 1 is 1.29 bits per heavy atom. The summed E-state index contributed by atoms with van der Waals surface area (Å²) < 4.78 is 57.1. The van der Waals surface area contributed by atoms with Crippen LogP contribution >= 0.6 is 0 Å². The molecule has 0 amide bonds. The van der Waals surface area contributed by atoms with Crippen molar-refractivity contribution in [1.29, 1.82) is 0 Å². The van der Waals surface area contributed by atoms with E-state index in [0.717, 1.165) is 6.20 Å². The first-order valence-corrected chi connectivity index (χ1v) is 7.05. The highest BCUT2D eigenvalue weighted by Crippen LogP contribution is 2.34. The number of hydrogen-bond acceptors (Lipinski definition) is 4. The lowest BCUT2D eigenvalue weighted by Crippen LogP contribution is -2.27. The van der Waals surface area contributed by atoms with Crippen molar-refractivity contribution in [3.8, 4) is 11.3 Å². The van der Waals surface area contributed by atoms with Crippen LogP contribution in [0.2, 0.25) is 0 Å². The van der Waals surface area contributed by atoms with Crippen LogP contribution in [0, 0.1) is 6.92 Å². The van der Waals surface area contributed by atoms with Crippen LogP contribution in [-0.4, -0.2) is 29.0 Å². The van der Waals surface area contributed by atoms with Gasteiger partial charge in [0.1, 0.15) is 5.56 Å². The van der Waals surface area contributed by atoms with Crippen molar-refractivity contribution >= 4 is 5.97 Å². The van der Waals surface area contributed by atoms with Gasteiger partial charge in [-0.1, -0.05) is 24.3 Å². The molecule has 2 aromatic rings. The number of alkyl halides is 4. The van der Waals surface area contributed by atoms with E-state index in [1.165, 1.54) is 0 Å². The third-order valence-corrected chi connectivity index (χ3v) is 3.26. The van der Waals surface area contributed by atoms with Crippen molar-refractivity contribution < 1.29 is 27.1 Å². The van der Waals surface area contributed by atoms with Crippen LogP contribution in [0.25, 0.3) is 11.3 Å². The number of nitrogens with zero attached hydrogens (tertiary/aromatic N) is 2. The predicted octanol–water partition coefficient (Wildman–Crippen LogP) is 3.99. The van der Waals surface area contributed by atoms with E-state index in [1.807, 2.05) is 0 Å². The summed E-state index contributed by atoms with van der Waals surface area (Å²) in [5, 5.41) is 0. The molecule has 0 saturated carbocycles. The van der Waals surface area contributed by atoms with Crippen LogP contribution in [0.5, 0.6) is 0 Å². The van der Waals surface area contributed by atoms with Gasteiger partial charge in [-0.15, -0.1) is 0 Å². The molecule has 0 radical (unpaired) electrons. The third-order valence-electron chi connectivity index (χ3n) is 3.26. The van der Waals surface area contributed by atoms with Gasteiger partial charge in [0.15, 0.2) is 0 Å². The number of halogens is 4. The van der Waals surface area contributed by atoms with Crippen molar-refractivity contribution in [1.82, 2.24) is 9.97 Å². The molecule has 1 heterocycles. The molecule has 4 nitrogen and oxygen atoms in total. The molecule has 128 valence electrons. The molecular formula is C16H14F4N2O2. The van der Waals surface area contributed by atoms with Gasteiger partial charge in [-0.05, 0) is 19.4 Å². The SMILES string of the molecule is CCOC(=O)c1cnc(C(F)(F)C(F)F)nc1-c1ccccc1C. The fraction of sp³-hybridized carbons (Fsp3) is 0.312. The molecule has 24 heavy (non-hydrogen) atoms. The van der Waals surface area contributed by atoms with E-state index in [1.54, 1.807) is 38.1 Å². The van der Waals surface area contributed by atoms with Gasteiger partial charge in [0.2, 0.25) is 5.82 Å². The van der Waals surface area contributed by atoms with Gasteiger partial charge in [-0.2, -0.15) is 8.78 Å². The summed E-state index contributed by atoms with van der Waals surface area (Å²) in [7, 11) is 0. The van der Waals surface area contributed by atoms with E-state index in [0.29, 0.717) is 11.1 Å². The van der Waals surface area contributed by atoms with Crippen molar-refractivity contribution in [3.63, 3.8) is 0 Å². The average Bonchev–Trinajstić information content (AvgIpc) is 2.54. The number of aryl methyl sites for hydroxylation is 1. The van der Waals surface area contributed by atoms with Crippen molar-refractivity contribution in [2.24, 2.45) is 0 Å². The number of ether oxygens (including phenoxy) is 1. The number of carbonyl (C=O) groups excluding carboxylic acids is 1. The average molecular weight is 342 g/mol. The predicted molar refractivity (Wildman–Crippen MR) is 78.1 cm³/mol. The highest BCUT2D eigenvalue weighted by atomic mass is 19.3. The first-order chi connectivity index (χ1) is 11.3. The van der Waals surface area contributed by atoms with Crippen LogP contribution in [0.1, 0.15) is 28.7 Å². The van der Waals surface area contributed by atoms with Gasteiger partial charge in [0.05, 0.1) is 12.3 Å². The summed E-state index contributed by atoms with van der Waals surface area (Å²) in [5.74, 6) is -6.68. The molecule has 0 bridgehead atoms. The molecule has 0 unspecified atom stereocenters. The quantitative estimate of drug-likeness (QED) is 0.609. The fourth-order valence-electron chi connectivity index (χ4n) is 2.04. The number of rotatable bonds is 5. The van der Waals surface area contributed by atoms with Crippen LogP contribution in [0.15, 0.2) is 30.5 Å². The zero-order valence-corrected chi connectivity index (χ0v) is 12.9. The summed E-state index contributed by atoms with van der Waals surface area (Å²) in [4.78, 5) is 18.8. The minimum Gasteiger partial charge on any atom is -0.462 e. The molecule has 0 aliphatic carbocycles. The maximum atomic E-state index is 13.6. The lowest BCUT2D eigenvalue weighted by Gasteiger charge is -2.16. The zero-order chi connectivity index (χ0) is 17.9. The molecule has 0 aliphatic rings. The number of carbonyl (C=O) groups is 1. The topological polar surface area (TPSA) is 52.1 Å². The Morgan fingerprint density at radius 3 is 2.54 bits per heavy atom. The summed E-state index contributed by atoms with van der Waals surface area (Å²) in [6, 6.07) is 6.55. The van der Waals surface area contributed by atoms with E-state index in [-0.39, 0.29) is 17.9 Å². The Balaban J connectivity index is 2.67. The van der Waals surface area contributed by atoms with E-state index < -0.39 is 24.1 Å². The Bertz CT molecular complexity index is 751. The number of benzene rings is 1. The second kappa shape index (κ2) is 6.94. The van der Waals surface area contributed by atoms with Crippen LogP contribution in [-0.2, 0) is 10.7 Å². The Morgan fingerprint density at radius 2 is 1.96 bits per heavy atom. The second-order valence-corrected chi connectivity index (χ2v) is 4.91. The second-order valence-electron chi connectivity index (χ2n) is 4.91. The Hall–Kier alpha value is -2.51. The molecule has 1 aromatic heterocycles. The standard InChI is InChI=1S/C16H14F4N2O2/c1-3-24-13(23)11-8-21-15(16(19,20)14(17)18)22-12(11)10-7-5-4-6-9(10)2/h4-8,14H,3H2,1-2H3. The highest BCUT2D eigenvalue weighted by Gasteiger charge is 2.46. The summed E-state index contributed by atoms with van der Waals surface area (Å²) in [5.41, 5.74) is 0.652. The summed E-state index contributed by atoms with van der Waals surface area (Å²) >= 11 is 0. The fourth-order valence-corrected chi connectivity index (χ4v) is 2.04. The van der Waals surface area contributed by atoms with Crippen molar-refractivity contribution in [2.45, 2.75) is 26.2 Å². The molecule has 0 N–H and O–H groups in total. The molecule has 0 spiro atoms. The minimum absolute atomic E-state index is 0.0565. The first kappa shape index (κ1) is 17.8. The molecular weight excluding hydrogens is 328 g/mol. The molecule has 2 rings (SSSR count). The minimum atomic E-state index is -4.52.